The lowest BCUT2D eigenvalue weighted by Gasteiger charge is -2.08. The van der Waals surface area contributed by atoms with E-state index in [-0.39, 0.29) is 6.42 Å². The zero-order valence-corrected chi connectivity index (χ0v) is 7.40. The molecule has 0 unspecified atom stereocenters. The van der Waals surface area contributed by atoms with Crippen molar-refractivity contribution in [3.63, 3.8) is 0 Å². The highest BCUT2D eigenvalue weighted by Gasteiger charge is 2.09. The summed E-state index contributed by atoms with van der Waals surface area (Å²) in [7, 11) is 0. The van der Waals surface area contributed by atoms with Gasteiger partial charge in [0.2, 0.25) is 0 Å². The van der Waals surface area contributed by atoms with Crippen LogP contribution in [0.15, 0.2) is 18.3 Å². The van der Waals surface area contributed by atoms with E-state index in [1.165, 1.54) is 0 Å². The molecule has 1 aromatic rings. The Kier molecular flexibility index (Phi) is 2.97. The van der Waals surface area contributed by atoms with E-state index in [0.29, 0.717) is 0 Å². The van der Waals surface area contributed by atoms with E-state index in [4.69, 9.17) is 10.8 Å². The van der Waals surface area contributed by atoms with Crippen LogP contribution in [0.3, 0.4) is 0 Å². The fourth-order valence-corrected chi connectivity index (χ4v) is 1.00. The van der Waals surface area contributed by atoms with Gasteiger partial charge in [-0.3, -0.25) is 9.78 Å². The summed E-state index contributed by atoms with van der Waals surface area (Å²) in [6, 6.07) is 3.15. The molecule has 4 nitrogen and oxygen atoms in total. The molecular formula is C9H12N2O2. The minimum Gasteiger partial charge on any atom is -0.481 e. The highest BCUT2D eigenvalue weighted by atomic mass is 16.4. The van der Waals surface area contributed by atoms with E-state index >= 15 is 0 Å². The number of hydrogen-bond donors (Lipinski definition) is 2. The number of aliphatic carboxylic acids is 1. The molecule has 0 amide bonds. The highest BCUT2D eigenvalue weighted by Crippen LogP contribution is 2.12. The molecule has 13 heavy (non-hydrogen) atoms. The molecule has 0 spiro atoms. The van der Waals surface area contributed by atoms with Crippen molar-refractivity contribution in [1.29, 1.82) is 0 Å². The molecule has 0 aromatic carbocycles. The van der Waals surface area contributed by atoms with Crippen LogP contribution in [0, 0.1) is 6.92 Å². The molecule has 1 rings (SSSR count). The smallest absolute Gasteiger partial charge is 0.305 e. The first kappa shape index (κ1) is 9.67. The molecule has 1 atom stereocenters. The average molecular weight is 180 g/mol. The number of pyridine rings is 1. The minimum absolute atomic E-state index is 0.0647. The molecule has 70 valence electrons. The summed E-state index contributed by atoms with van der Waals surface area (Å²) in [6.45, 7) is 1.87. The van der Waals surface area contributed by atoms with Crippen molar-refractivity contribution in [1.82, 2.24) is 4.98 Å². The number of carboxylic acid groups (broad SMARTS) is 1. The van der Waals surface area contributed by atoms with Gasteiger partial charge in [-0.25, -0.2) is 0 Å². The molecule has 0 saturated heterocycles. The Balaban J connectivity index is 2.71. The lowest BCUT2D eigenvalue weighted by Crippen LogP contribution is -2.15. The van der Waals surface area contributed by atoms with Crippen molar-refractivity contribution in [3.8, 4) is 0 Å². The second-order valence-electron chi connectivity index (χ2n) is 2.94. The molecule has 0 radical (unpaired) electrons. The predicted molar refractivity (Wildman–Crippen MR) is 48.2 cm³/mol. The van der Waals surface area contributed by atoms with Crippen LogP contribution in [-0.4, -0.2) is 16.1 Å². The lowest BCUT2D eigenvalue weighted by atomic mass is 10.1. The molecule has 4 heteroatoms. The molecule has 0 aliphatic carbocycles. The van der Waals surface area contributed by atoms with Crippen molar-refractivity contribution in [3.05, 3.63) is 29.6 Å². The molecule has 3 N–H and O–H groups in total. The zero-order chi connectivity index (χ0) is 9.84. The summed E-state index contributed by atoms with van der Waals surface area (Å²) >= 11 is 0. The van der Waals surface area contributed by atoms with Crippen molar-refractivity contribution in [2.75, 3.05) is 0 Å². The van der Waals surface area contributed by atoms with Gasteiger partial charge in [0.25, 0.3) is 0 Å². The first-order valence-corrected chi connectivity index (χ1v) is 3.99. The van der Waals surface area contributed by atoms with Gasteiger partial charge < -0.3 is 10.8 Å². The quantitative estimate of drug-likeness (QED) is 0.723. The van der Waals surface area contributed by atoms with Crippen molar-refractivity contribution in [2.45, 2.75) is 19.4 Å². The van der Waals surface area contributed by atoms with E-state index in [2.05, 4.69) is 4.98 Å². The number of carboxylic acids is 1. The van der Waals surface area contributed by atoms with Crippen LogP contribution in [0.1, 0.15) is 23.7 Å². The summed E-state index contributed by atoms with van der Waals surface area (Å²) in [4.78, 5) is 14.4. The van der Waals surface area contributed by atoms with Crippen LogP contribution >= 0.6 is 0 Å². The first-order valence-electron chi connectivity index (χ1n) is 3.99. The Morgan fingerprint density at radius 3 is 2.85 bits per heavy atom. The summed E-state index contributed by atoms with van der Waals surface area (Å²) < 4.78 is 0. The topological polar surface area (TPSA) is 76.2 Å². The lowest BCUT2D eigenvalue weighted by molar-refractivity contribution is -0.137. The van der Waals surface area contributed by atoms with E-state index in [1.54, 1.807) is 12.3 Å². The van der Waals surface area contributed by atoms with Gasteiger partial charge in [0.05, 0.1) is 6.42 Å². The van der Waals surface area contributed by atoms with Crippen molar-refractivity contribution in [2.24, 2.45) is 5.73 Å². The van der Waals surface area contributed by atoms with Gasteiger partial charge in [-0.15, -0.1) is 0 Å². The molecule has 0 aliphatic rings. The number of nitrogens with two attached hydrogens (primary N) is 1. The van der Waals surface area contributed by atoms with E-state index < -0.39 is 12.0 Å². The monoisotopic (exact) mass is 180 g/mol. The zero-order valence-electron chi connectivity index (χ0n) is 7.40. The normalized spacial score (nSPS) is 12.5. The van der Waals surface area contributed by atoms with E-state index in [9.17, 15) is 4.79 Å². The molecule has 0 bridgehead atoms. The Hall–Kier alpha value is -1.42. The second kappa shape index (κ2) is 4.00. The molecule has 1 aromatic heterocycles. The predicted octanol–water partition coefficient (Wildman–Crippen LogP) is 0.865. The van der Waals surface area contributed by atoms with E-state index in [0.717, 1.165) is 11.3 Å². The van der Waals surface area contributed by atoms with E-state index in [1.807, 2.05) is 13.0 Å². The number of rotatable bonds is 3. The Bertz CT molecular complexity index is 295. The third-order valence-corrected chi connectivity index (χ3v) is 1.76. The first-order chi connectivity index (χ1) is 6.09. The summed E-state index contributed by atoms with van der Waals surface area (Å²) in [5.41, 5.74) is 7.28. The third-order valence-electron chi connectivity index (χ3n) is 1.76. The average Bonchev–Trinajstić information content (AvgIpc) is 2.04. The van der Waals surface area contributed by atoms with Gasteiger partial charge in [-0.05, 0) is 18.6 Å². The van der Waals surface area contributed by atoms with Crippen LogP contribution < -0.4 is 5.73 Å². The summed E-state index contributed by atoms with van der Waals surface area (Å²) in [6.07, 6.45) is 1.55. The van der Waals surface area contributed by atoms with Gasteiger partial charge in [0, 0.05) is 17.9 Å². The maximum atomic E-state index is 10.3. The maximum absolute atomic E-state index is 10.3. The molecule has 0 aliphatic heterocycles. The largest absolute Gasteiger partial charge is 0.481 e. The number of aryl methyl sites for hydroxylation is 1. The molecular weight excluding hydrogens is 168 g/mol. The fraction of sp³-hybridized carbons (Fsp3) is 0.333. The standard InChI is InChI=1S/C9H12N2O2/c1-6-2-3-7(5-11-6)8(10)4-9(12)13/h2-3,5,8H,4,10H2,1H3,(H,12,13)/t8-/m0/s1. The van der Waals surface area contributed by atoms with Crippen molar-refractivity contribution < 1.29 is 9.90 Å². The number of carbonyl (C=O) groups is 1. The number of aromatic nitrogens is 1. The number of nitrogens with zero attached hydrogens (tertiary/aromatic N) is 1. The van der Waals surface area contributed by atoms with Crippen LogP contribution in [0.2, 0.25) is 0 Å². The van der Waals surface area contributed by atoms with Crippen LogP contribution in [0.4, 0.5) is 0 Å². The van der Waals surface area contributed by atoms with Gasteiger partial charge in [0.15, 0.2) is 0 Å². The fourth-order valence-electron chi connectivity index (χ4n) is 1.00. The van der Waals surface area contributed by atoms with Crippen LogP contribution in [0.5, 0.6) is 0 Å². The van der Waals surface area contributed by atoms with Crippen LogP contribution in [0.25, 0.3) is 0 Å². The second-order valence-corrected chi connectivity index (χ2v) is 2.94. The van der Waals surface area contributed by atoms with Gasteiger partial charge in [0.1, 0.15) is 0 Å². The Morgan fingerprint density at radius 2 is 2.38 bits per heavy atom. The Morgan fingerprint density at radius 1 is 1.69 bits per heavy atom. The van der Waals surface area contributed by atoms with Crippen molar-refractivity contribution >= 4 is 5.97 Å². The summed E-state index contributed by atoms with van der Waals surface area (Å²) in [5, 5.41) is 8.50. The minimum atomic E-state index is -0.895. The highest BCUT2D eigenvalue weighted by molar-refractivity contribution is 5.67. The third kappa shape index (κ3) is 2.83. The number of hydrogen-bond acceptors (Lipinski definition) is 3. The molecule has 0 saturated carbocycles. The SMILES string of the molecule is Cc1ccc([C@@H](N)CC(=O)O)cn1. The van der Waals surface area contributed by atoms with Gasteiger partial charge in [-0.2, -0.15) is 0 Å². The van der Waals surface area contributed by atoms with Gasteiger partial charge >= 0.3 is 5.97 Å². The Labute approximate surface area is 76.4 Å². The summed E-state index contributed by atoms with van der Waals surface area (Å²) in [5.74, 6) is -0.895. The molecule has 0 fully saturated rings. The van der Waals surface area contributed by atoms with Crippen LogP contribution in [-0.2, 0) is 4.79 Å². The molecule has 1 heterocycles. The maximum Gasteiger partial charge on any atom is 0.305 e. The van der Waals surface area contributed by atoms with Gasteiger partial charge in [-0.1, -0.05) is 6.07 Å².